The number of para-hydroxylation sites is 1. The number of likely N-dealkylation sites (tertiary alicyclic amines) is 1. The van der Waals surface area contributed by atoms with E-state index in [9.17, 15) is 4.39 Å². The summed E-state index contributed by atoms with van der Waals surface area (Å²) in [7, 11) is 0. The molecule has 0 bridgehead atoms. The number of nitrogens with zero attached hydrogens (tertiary/aromatic N) is 1. The fraction of sp³-hybridized carbons (Fsp3) is 0.571. The van der Waals surface area contributed by atoms with Crippen molar-refractivity contribution in [3.63, 3.8) is 0 Å². The van der Waals surface area contributed by atoms with E-state index >= 15 is 0 Å². The standard InChI is InChI=1S/C14H22FN3/c1-10(2)18-7-6-11(9-18)8-17-13-5-3-4-12(15)14(13)16/h3-5,10-11,17H,6-9,16H2,1-2H3. The van der Waals surface area contributed by atoms with Crippen molar-refractivity contribution in [2.75, 3.05) is 30.7 Å². The first kappa shape index (κ1) is 13.1. The fourth-order valence-corrected chi connectivity index (χ4v) is 2.44. The van der Waals surface area contributed by atoms with Gasteiger partial charge in [-0.2, -0.15) is 0 Å². The van der Waals surface area contributed by atoms with Crippen LogP contribution in [-0.2, 0) is 0 Å². The third kappa shape index (κ3) is 2.93. The van der Waals surface area contributed by atoms with E-state index in [4.69, 9.17) is 5.73 Å². The van der Waals surface area contributed by atoms with Gasteiger partial charge in [0.15, 0.2) is 0 Å². The first-order valence-corrected chi connectivity index (χ1v) is 6.60. The van der Waals surface area contributed by atoms with E-state index in [1.165, 1.54) is 12.5 Å². The first-order valence-electron chi connectivity index (χ1n) is 6.60. The Labute approximate surface area is 108 Å². The summed E-state index contributed by atoms with van der Waals surface area (Å²) in [5, 5.41) is 3.26. The molecule has 0 saturated carbocycles. The minimum Gasteiger partial charge on any atom is -0.395 e. The Balaban J connectivity index is 1.87. The van der Waals surface area contributed by atoms with Gasteiger partial charge in [-0.25, -0.2) is 4.39 Å². The lowest BCUT2D eigenvalue weighted by molar-refractivity contribution is 0.266. The van der Waals surface area contributed by atoms with Crippen LogP contribution in [0.1, 0.15) is 20.3 Å². The van der Waals surface area contributed by atoms with E-state index < -0.39 is 0 Å². The van der Waals surface area contributed by atoms with Crippen LogP contribution in [0.4, 0.5) is 15.8 Å². The molecule has 1 atom stereocenters. The molecule has 1 aliphatic heterocycles. The zero-order valence-electron chi connectivity index (χ0n) is 11.1. The lowest BCUT2D eigenvalue weighted by atomic mass is 10.1. The predicted molar refractivity (Wildman–Crippen MR) is 74.1 cm³/mol. The molecule has 0 radical (unpaired) electrons. The van der Waals surface area contributed by atoms with Gasteiger partial charge >= 0.3 is 0 Å². The van der Waals surface area contributed by atoms with Crippen molar-refractivity contribution in [3.8, 4) is 0 Å². The van der Waals surface area contributed by atoms with Crippen molar-refractivity contribution < 1.29 is 4.39 Å². The van der Waals surface area contributed by atoms with E-state index in [-0.39, 0.29) is 11.5 Å². The molecule has 1 aliphatic rings. The number of rotatable bonds is 4. The molecular weight excluding hydrogens is 229 g/mol. The maximum absolute atomic E-state index is 13.3. The minimum atomic E-state index is -0.352. The average Bonchev–Trinajstić information content (AvgIpc) is 2.80. The van der Waals surface area contributed by atoms with Crippen LogP contribution in [0.5, 0.6) is 0 Å². The third-order valence-corrected chi connectivity index (χ3v) is 3.68. The van der Waals surface area contributed by atoms with Gasteiger partial charge < -0.3 is 16.0 Å². The van der Waals surface area contributed by atoms with E-state index in [1.807, 2.05) is 6.07 Å². The zero-order chi connectivity index (χ0) is 13.1. The van der Waals surface area contributed by atoms with Gasteiger partial charge in [-0.15, -0.1) is 0 Å². The van der Waals surface area contributed by atoms with E-state index in [0.29, 0.717) is 17.6 Å². The molecule has 1 saturated heterocycles. The van der Waals surface area contributed by atoms with Crippen LogP contribution in [0.2, 0.25) is 0 Å². The van der Waals surface area contributed by atoms with Crippen LogP contribution in [-0.4, -0.2) is 30.6 Å². The summed E-state index contributed by atoms with van der Waals surface area (Å²) in [6.45, 7) is 7.57. The molecule has 3 N–H and O–H groups in total. The highest BCUT2D eigenvalue weighted by atomic mass is 19.1. The normalized spacial score (nSPS) is 20.6. The lowest BCUT2D eigenvalue weighted by Crippen LogP contribution is -2.29. The number of hydrogen-bond acceptors (Lipinski definition) is 3. The summed E-state index contributed by atoms with van der Waals surface area (Å²) in [6, 6.07) is 5.50. The van der Waals surface area contributed by atoms with Gasteiger partial charge in [0.1, 0.15) is 5.82 Å². The number of nitrogens with one attached hydrogen (secondary N) is 1. The van der Waals surface area contributed by atoms with Crippen LogP contribution in [0.25, 0.3) is 0 Å². The highest BCUT2D eigenvalue weighted by Gasteiger charge is 2.23. The van der Waals surface area contributed by atoms with Crippen molar-refractivity contribution in [1.82, 2.24) is 4.90 Å². The summed E-state index contributed by atoms with van der Waals surface area (Å²) < 4.78 is 13.3. The Kier molecular flexibility index (Phi) is 4.07. The highest BCUT2D eigenvalue weighted by Crippen LogP contribution is 2.23. The molecule has 1 aromatic carbocycles. The quantitative estimate of drug-likeness (QED) is 0.808. The second-order valence-electron chi connectivity index (χ2n) is 5.33. The summed E-state index contributed by atoms with van der Waals surface area (Å²) >= 11 is 0. The molecule has 2 rings (SSSR count). The van der Waals surface area contributed by atoms with Crippen molar-refractivity contribution >= 4 is 11.4 Å². The summed E-state index contributed by atoms with van der Waals surface area (Å²) in [5.41, 5.74) is 6.62. The number of anilines is 2. The van der Waals surface area contributed by atoms with Gasteiger partial charge in [-0.3, -0.25) is 0 Å². The first-order chi connectivity index (χ1) is 8.58. The van der Waals surface area contributed by atoms with Crippen molar-refractivity contribution in [2.24, 2.45) is 5.92 Å². The number of nitrogens with two attached hydrogens (primary N) is 1. The Hall–Kier alpha value is -1.29. The summed E-state index contributed by atoms with van der Waals surface area (Å²) in [5.74, 6) is 0.269. The van der Waals surface area contributed by atoms with Gasteiger partial charge in [0, 0.05) is 19.1 Å². The van der Waals surface area contributed by atoms with Gasteiger partial charge in [-0.1, -0.05) is 6.07 Å². The molecule has 100 valence electrons. The number of benzene rings is 1. The molecule has 0 amide bonds. The smallest absolute Gasteiger partial charge is 0.148 e. The maximum Gasteiger partial charge on any atom is 0.148 e. The Morgan fingerprint density at radius 1 is 1.50 bits per heavy atom. The lowest BCUT2D eigenvalue weighted by Gasteiger charge is -2.20. The molecule has 3 nitrogen and oxygen atoms in total. The summed E-state index contributed by atoms with van der Waals surface area (Å²) in [6.07, 6.45) is 1.19. The Bertz CT molecular complexity index is 406. The van der Waals surface area contributed by atoms with Crippen molar-refractivity contribution in [3.05, 3.63) is 24.0 Å². The van der Waals surface area contributed by atoms with Crippen LogP contribution in [0.3, 0.4) is 0 Å². The second-order valence-corrected chi connectivity index (χ2v) is 5.33. The predicted octanol–water partition coefficient (Wildman–Crippen LogP) is 2.55. The largest absolute Gasteiger partial charge is 0.395 e. The van der Waals surface area contributed by atoms with E-state index in [0.717, 1.165) is 19.6 Å². The molecule has 4 heteroatoms. The van der Waals surface area contributed by atoms with Gasteiger partial charge in [0.25, 0.3) is 0 Å². The zero-order valence-corrected chi connectivity index (χ0v) is 11.1. The topological polar surface area (TPSA) is 41.3 Å². The minimum absolute atomic E-state index is 0.219. The molecule has 0 aliphatic carbocycles. The van der Waals surface area contributed by atoms with Crippen LogP contribution < -0.4 is 11.1 Å². The SMILES string of the molecule is CC(C)N1CCC(CNc2cccc(F)c2N)C1. The van der Waals surface area contributed by atoms with E-state index in [1.54, 1.807) is 6.07 Å². The number of halogens is 1. The molecule has 1 unspecified atom stereocenters. The van der Waals surface area contributed by atoms with Gasteiger partial charge in [0.05, 0.1) is 11.4 Å². The third-order valence-electron chi connectivity index (χ3n) is 3.68. The maximum atomic E-state index is 13.3. The number of nitrogen functional groups attached to an aromatic ring is 1. The number of hydrogen-bond donors (Lipinski definition) is 2. The van der Waals surface area contributed by atoms with E-state index in [2.05, 4.69) is 24.1 Å². The molecular formula is C14H22FN3. The van der Waals surface area contributed by atoms with Crippen LogP contribution in [0, 0.1) is 11.7 Å². The Morgan fingerprint density at radius 2 is 2.28 bits per heavy atom. The molecule has 1 fully saturated rings. The van der Waals surface area contributed by atoms with Gasteiger partial charge in [-0.05, 0) is 44.9 Å². The van der Waals surface area contributed by atoms with Crippen molar-refractivity contribution in [2.45, 2.75) is 26.3 Å². The van der Waals surface area contributed by atoms with Crippen molar-refractivity contribution in [1.29, 1.82) is 0 Å². The van der Waals surface area contributed by atoms with Gasteiger partial charge in [0.2, 0.25) is 0 Å². The molecule has 0 spiro atoms. The van der Waals surface area contributed by atoms with Crippen LogP contribution >= 0.6 is 0 Å². The van der Waals surface area contributed by atoms with Crippen LogP contribution in [0.15, 0.2) is 18.2 Å². The summed E-state index contributed by atoms with van der Waals surface area (Å²) in [4.78, 5) is 2.47. The fourth-order valence-electron chi connectivity index (χ4n) is 2.44. The monoisotopic (exact) mass is 251 g/mol. The molecule has 1 heterocycles. The second kappa shape index (κ2) is 5.57. The average molecular weight is 251 g/mol. The molecule has 0 aromatic heterocycles. The Morgan fingerprint density at radius 3 is 2.94 bits per heavy atom. The molecule has 1 aromatic rings. The molecule has 18 heavy (non-hydrogen) atoms. The highest BCUT2D eigenvalue weighted by molar-refractivity contribution is 5.66.